The molecule has 0 radical (unpaired) electrons. The summed E-state index contributed by atoms with van der Waals surface area (Å²) in [6, 6.07) is 8.27. The molecule has 0 saturated carbocycles. The molecule has 0 unspecified atom stereocenters. The van der Waals surface area contributed by atoms with Crippen molar-refractivity contribution in [1.82, 2.24) is 0 Å². The first-order valence-corrected chi connectivity index (χ1v) is 5.91. The second-order valence-corrected chi connectivity index (χ2v) is 5.25. The third-order valence-electron chi connectivity index (χ3n) is 2.07. The lowest BCUT2D eigenvalue weighted by Gasteiger charge is -1.95. The van der Waals surface area contributed by atoms with Gasteiger partial charge in [-0.3, -0.25) is 0 Å². The van der Waals surface area contributed by atoms with Gasteiger partial charge in [0.05, 0.1) is 5.39 Å². The molecule has 0 amide bonds. The molecule has 2 aromatic rings. The van der Waals surface area contributed by atoms with E-state index in [0.717, 1.165) is 11.7 Å². The summed E-state index contributed by atoms with van der Waals surface area (Å²) in [5, 5.41) is 2.04. The lowest BCUT2D eigenvalue weighted by molar-refractivity contribution is -0.632. The Kier molecular flexibility index (Phi) is 4.38. The summed E-state index contributed by atoms with van der Waals surface area (Å²) in [6.45, 7) is 5.40. The highest BCUT2D eigenvalue weighted by molar-refractivity contribution is 7.09. The largest absolute Gasteiger partial charge is 1.00 e. The predicted molar refractivity (Wildman–Crippen MR) is 61.9 cm³/mol. The molecule has 1 nitrogen and oxygen atoms in total. The van der Waals surface area contributed by atoms with Crippen LogP contribution in [0.25, 0.3) is 10.1 Å². The Morgan fingerprint density at radius 2 is 2.00 bits per heavy atom. The first-order valence-electron chi connectivity index (χ1n) is 4.76. The Hall–Kier alpha value is -0.310. The van der Waals surface area contributed by atoms with Crippen LogP contribution in [0, 0.1) is 5.92 Å². The van der Waals surface area contributed by atoms with Crippen LogP contribution >= 0.6 is 23.1 Å². The molecule has 1 aromatic heterocycles. The van der Waals surface area contributed by atoms with Crippen LogP contribution in [0.15, 0.2) is 24.3 Å². The van der Waals surface area contributed by atoms with Gasteiger partial charge < -0.3 is 12.4 Å². The highest BCUT2D eigenvalue weighted by Gasteiger charge is 2.18. The van der Waals surface area contributed by atoms with Crippen LogP contribution in [0.5, 0.6) is 0 Å². The van der Waals surface area contributed by atoms with Crippen molar-refractivity contribution in [3.05, 3.63) is 29.4 Å². The van der Waals surface area contributed by atoms with Crippen LogP contribution in [-0.4, -0.2) is 0 Å². The van der Waals surface area contributed by atoms with Crippen LogP contribution in [0.2, 0.25) is 5.15 Å². The monoisotopic (exact) mass is 261 g/mol. The molecule has 2 rings (SSSR count). The highest BCUT2D eigenvalue weighted by atomic mass is 35.5. The standard InChI is InChI=1S/C11H13ClNS.ClH/c1-8(2)7-13-11(12)9-5-3-4-6-10(9)14-13;/h3-6,8H,7H2,1-2H3;1H/q+1;/p-1. The maximum atomic E-state index is 6.27. The van der Waals surface area contributed by atoms with Crippen molar-refractivity contribution in [2.75, 3.05) is 0 Å². The number of nitrogens with zero attached hydrogens (tertiary/aromatic N) is 1. The lowest BCUT2D eigenvalue weighted by Crippen LogP contribution is -3.00. The summed E-state index contributed by atoms with van der Waals surface area (Å²) < 4.78 is 3.43. The van der Waals surface area contributed by atoms with Gasteiger partial charge >= 0.3 is 0 Å². The fourth-order valence-corrected chi connectivity index (χ4v) is 3.04. The zero-order valence-electron chi connectivity index (χ0n) is 8.71. The molecule has 0 N–H and O–H groups in total. The quantitative estimate of drug-likeness (QED) is 0.694. The van der Waals surface area contributed by atoms with Gasteiger partial charge in [-0.2, -0.15) is 0 Å². The summed E-state index contributed by atoms with van der Waals surface area (Å²) in [7, 11) is 0. The van der Waals surface area contributed by atoms with Crippen molar-refractivity contribution < 1.29 is 16.4 Å². The molecule has 0 fully saturated rings. The van der Waals surface area contributed by atoms with Crippen LogP contribution in [0.1, 0.15) is 13.8 Å². The van der Waals surface area contributed by atoms with Crippen molar-refractivity contribution in [3.8, 4) is 0 Å². The number of aromatic nitrogens is 1. The minimum atomic E-state index is 0. The van der Waals surface area contributed by atoms with Gasteiger partial charge in [0.2, 0.25) is 0 Å². The van der Waals surface area contributed by atoms with E-state index in [-0.39, 0.29) is 12.4 Å². The minimum Gasteiger partial charge on any atom is -1.00 e. The zero-order chi connectivity index (χ0) is 10.1. The molecule has 0 spiro atoms. The Balaban J connectivity index is 0.00000112. The summed E-state index contributed by atoms with van der Waals surface area (Å²) in [6.07, 6.45) is 0. The molecule has 0 bridgehead atoms. The Bertz CT molecular complexity index is 451. The maximum absolute atomic E-state index is 6.27. The van der Waals surface area contributed by atoms with E-state index in [9.17, 15) is 0 Å². The second kappa shape index (κ2) is 5.15. The van der Waals surface area contributed by atoms with Crippen LogP contribution in [0.4, 0.5) is 0 Å². The van der Waals surface area contributed by atoms with Gasteiger partial charge in [0, 0.05) is 5.92 Å². The van der Waals surface area contributed by atoms with E-state index in [1.807, 2.05) is 6.07 Å². The SMILES string of the molecule is CC(C)C[n+]1sc2ccccc2c1Cl.[Cl-]. The van der Waals surface area contributed by atoms with Gasteiger partial charge in [0.25, 0.3) is 5.15 Å². The molecule has 1 heterocycles. The van der Waals surface area contributed by atoms with E-state index in [0.29, 0.717) is 5.92 Å². The van der Waals surface area contributed by atoms with Crippen molar-refractivity contribution >= 4 is 33.2 Å². The molecule has 0 atom stereocenters. The van der Waals surface area contributed by atoms with E-state index in [4.69, 9.17) is 11.6 Å². The predicted octanol–water partition coefficient (Wildman–Crippen LogP) is 0.502. The third-order valence-corrected chi connectivity index (χ3v) is 3.68. The first kappa shape index (κ1) is 12.8. The Labute approximate surface area is 105 Å². The van der Waals surface area contributed by atoms with Crippen molar-refractivity contribution in [2.24, 2.45) is 5.92 Å². The topological polar surface area (TPSA) is 3.88 Å². The van der Waals surface area contributed by atoms with Crippen LogP contribution in [-0.2, 0) is 6.54 Å². The number of benzene rings is 1. The molecular weight excluding hydrogens is 249 g/mol. The zero-order valence-corrected chi connectivity index (χ0v) is 11.0. The van der Waals surface area contributed by atoms with Crippen LogP contribution < -0.4 is 16.4 Å². The molecule has 0 saturated heterocycles. The van der Waals surface area contributed by atoms with E-state index >= 15 is 0 Å². The van der Waals surface area contributed by atoms with Gasteiger partial charge in [-0.1, -0.05) is 26.0 Å². The molecule has 15 heavy (non-hydrogen) atoms. The van der Waals surface area contributed by atoms with Crippen LogP contribution in [0.3, 0.4) is 0 Å². The third kappa shape index (κ3) is 2.63. The van der Waals surface area contributed by atoms with Gasteiger partial charge in [0.15, 0.2) is 6.54 Å². The number of hydrogen-bond donors (Lipinski definition) is 0. The molecule has 0 aliphatic carbocycles. The first-order chi connectivity index (χ1) is 6.68. The fraction of sp³-hybridized carbons (Fsp3) is 0.364. The smallest absolute Gasteiger partial charge is 0.297 e. The molecule has 1 aromatic carbocycles. The van der Waals surface area contributed by atoms with E-state index < -0.39 is 0 Å². The van der Waals surface area contributed by atoms with E-state index in [1.165, 1.54) is 10.1 Å². The minimum absolute atomic E-state index is 0. The number of hydrogen-bond acceptors (Lipinski definition) is 1. The van der Waals surface area contributed by atoms with E-state index in [1.54, 1.807) is 11.5 Å². The normalized spacial score (nSPS) is 10.7. The summed E-state index contributed by atoms with van der Waals surface area (Å²) in [5.74, 6) is 0.630. The summed E-state index contributed by atoms with van der Waals surface area (Å²) in [4.78, 5) is 0. The number of fused-ring (bicyclic) bond motifs is 1. The fourth-order valence-electron chi connectivity index (χ4n) is 1.46. The second-order valence-electron chi connectivity index (χ2n) is 3.83. The van der Waals surface area contributed by atoms with Gasteiger partial charge in [0.1, 0.15) is 16.2 Å². The Morgan fingerprint density at radius 3 is 2.60 bits per heavy atom. The molecule has 82 valence electrons. The van der Waals surface area contributed by atoms with Gasteiger partial charge in [-0.25, -0.2) is 0 Å². The van der Waals surface area contributed by atoms with Crippen molar-refractivity contribution in [2.45, 2.75) is 20.4 Å². The average Bonchev–Trinajstić information content (AvgIpc) is 2.44. The molecular formula is C11H13Cl2NS. The summed E-state index contributed by atoms with van der Waals surface area (Å²) >= 11 is 8.01. The molecule has 0 aliphatic heterocycles. The number of rotatable bonds is 2. The van der Waals surface area contributed by atoms with Gasteiger partial charge in [-0.05, 0) is 23.7 Å². The highest BCUT2D eigenvalue weighted by Crippen LogP contribution is 2.24. The van der Waals surface area contributed by atoms with Gasteiger partial charge in [-0.15, -0.1) is 3.96 Å². The lowest BCUT2D eigenvalue weighted by atomic mass is 10.2. The van der Waals surface area contributed by atoms with Crippen molar-refractivity contribution in [3.63, 3.8) is 0 Å². The number of halogens is 2. The van der Waals surface area contributed by atoms with Crippen molar-refractivity contribution in [1.29, 1.82) is 0 Å². The molecule has 4 heteroatoms. The maximum Gasteiger partial charge on any atom is 0.297 e. The molecule has 0 aliphatic rings. The summed E-state index contributed by atoms with van der Waals surface area (Å²) in [5.41, 5.74) is 0. The van der Waals surface area contributed by atoms with E-state index in [2.05, 4.69) is 36.0 Å². The average molecular weight is 262 g/mol. The Morgan fingerprint density at radius 1 is 1.33 bits per heavy atom.